The summed E-state index contributed by atoms with van der Waals surface area (Å²) in [4.78, 5) is 24.0. The summed E-state index contributed by atoms with van der Waals surface area (Å²) >= 11 is 0. The molecule has 0 radical (unpaired) electrons. The maximum absolute atomic E-state index is 12.6. The molecule has 0 aromatic heterocycles. The Balaban J connectivity index is 2.19. The summed E-state index contributed by atoms with van der Waals surface area (Å²) in [6.07, 6.45) is -0.262. The van der Waals surface area contributed by atoms with Crippen LogP contribution in [0.4, 0.5) is 0 Å². The molecule has 9 heteroatoms. The monoisotopic (exact) mass is 342 g/mol. The first-order chi connectivity index (χ1) is 10.8. The van der Waals surface area contributed by atoms with Crippen LogP contribution in [0.3, 0.4) is 0 Å². The molecule has 1 amide bonds. The number of carbonyl (C=O) groups excluding carboxylic acids is 1. The molecule has 0 bridgehead atoms. The van der Waals surface area contributed by atoms with E-state index in [9.17, 15) is 18.0 Å². The van der Waals surface area contributed by atoms with E-state index in [1.54, 1.807) is 6.07 Å². The molecule has 126 valence electrons. The third-order valence-corrected chi connectivity index (χ3v) is 5.22. The number of aliphatic carboxylic acids is 1. The molecule has 2 rings (SSSR count). The number of amides is 1. The number of sulfonamides is 1. The maximum Gasteiger partial charge on any atom is 0.307 e. The predicted molar refractivity (Wildman–Crippen MR) is 80.1 cm³/mol. The number of carboxylic acids is 1. The average Bonchev–Trinajstić information content (AvgIpc) is 2.86. The molecule has 1 aliphatic heterocycles. The Kier molecular flexibility index (Phi) is 5.34. The Labute approximate surface area is 134 Å². The lowest BCUT2D eigenvalue weighted by molar-refractivity contribution is -0.136. The first-order valence-electron chi connectivity index (χ1n) is 6.92. The van der Waals surface area contributed by atoms with E-state index in [0.29, 0.717) is 18.7 Å². The minimum absolute atomic E-state index is 0.0161. The number of methoxy groups -OCH3 is 1. The van der Waals surface area contributed by atoms with E-state index < -0.39 is 16.0 Å². The summed E-state index contributed by atoms with van der Waals surface area (Å²) in [5.74, 6) is -1.33. The fraction of sp³-hybridized carbons (Fsp3) is 0.429. The Bertz CT molecular complexity index is 703. The van der Waals surface area contributed by atoms with Gasteiger partial charge in [-0.15, -0.1) is 0 Å². The molecule has 0 spiro atoms. The molecule has 0 saturated carbocycles. The number of nitrogens with zero attached hydrogens (tertiary/aromatic N) is 2. The van der Waals surface area contributed by atoms with Gasteiger partial charge >= 0.3 is 5.97 Å². The van der Waals surface area contributed by atoms with E-state index >= 15 is 0 Å². The van der Waals surface area contributed by atoms with Crippen molar-refractivity contribution in [1.29, 1.82) is 0 Å². The van der Waals surface area contributed by atoms with Crippen LogP contribution >= 0.6 is 0 Å². The molecular weight excluding hydrogens is 324 g/mol. The molecule has 0 aliphatic carbocycles. The van der Waals surface area contributed by atoms with Gasteiger partial charge in [0.15, 0.2) is 0 Å². The van der Waals surface area contributed by atoms with E-state index in [2.05, 4.69) is 0 Å². The number of hydrogen-bond donors (Lipinski definition) is 1. The predicted octanol–water partition coefficient (Wildman–Crippen LogP) is -0.249. The molecule has 1 saturated heterocycles. The van der Waals surface area contributed by atoms with Gasteiger partial charge in [-0.2, -0.15) is 4.31 Å². The summed E-state index contributed by atoms with van der Waals surface area (Å²) in [7, 11) is -2.35. The largest absolute Gasteiger partial charge is 0.481 e. The molecule has 0 atom stereocenters. The molecule has 8 nitrogen and oxygen atoms in total. The van der Waals surface area contributed by atoms with Gasteiger partial charge in [0.05, 0.1) is 31.1 Å². The molecule has 1 aromatic carbocycles. The van der Waals surface area contributed by atoms with Gasteiger partial charge in [-0.3, -0.25) is 9.59 Å². The number of rotatable bonds is 7. The molecule has 1 heterocycles. The van der Waals surface area contributed by atoms with Crippen molar-refractivity contribution in [2.45, 2.75) is 11.3 Å². The second-order valence-electron chi connectivity index (χ2n) is 5.12. The number of ether oxygens (including phenoxy) is 1. The van der Waals surface area contributed by atoms with Gasteiger partial charge in [0.25, 0.3) is 0 Å². The normalized spacial score (nSPS) is 16.0. The van der Waals surface area contributed by atoms with Gasteiger partial charge in [-0.25, -0.2) is 8.42 Å². The fourth-order valence-electron chi connectivity index (χ4n) is 2.27. The van der Waals surface area contributed by atoms with Gasteiger partial charge in [-0.05, 0) is 17.7 Å². The van der Waals surface area contributed by atoms with Gasteiger partial charge in [-0.1, -0.05) is 12.1 Å². The molecule has 1 aromatic rings. The third-order valence-electron chi connectivity index (χ3n) is 3.45. The average molecular weight is 342 g/mol. The van der Waals surface area contributed by atoms with Crippen molar-refractivity contribution in [1.82, 2.24) is 9.21 Å². The van der Waals surface area contributed by atoms with E-state index in [0.717, 1.165) is 4.31 Å². The van der Waals surface area contributed by atoms with Gasteiger partial charge in [0.2, 0.25) is 15.9 Å². The summed E-state index contributed by atoms with van der Waals surface area (Å²) in [5.41, 5.74) is 0.389. The number of benzene rings is 1. The van der Waals surface area contributed by atoms with Crippen LogP contribution in [0.1, 0.15) is 5.56 Å². The molecule has 1 aliphatic rings. The maximum atomic E-state index is 12.6. The lowest BCUT2D eigenvalue weighted by Crippen LogP contribution is -2.33. The van der Waals surface area contributed by atoms with Crippen LogP contribution in [0.2, 0.25) is 0 Å². The first-order valence-corrected chi connectivity index (χ1v) is 8.36. The lowest BCUT2D eigenvalue weighted by atomic mass is 10.2. The van der Waals surface area contributed by atoms with E-state index in [1.165, 1.54) is 30.2 Å². The van der Waals surface area contributed by atoms with Crippen LogP contribution in [0.15, 0.2) is 29.2 Å². The smallest absolute Gasteiger partial charge is 0.307 e. The van der Waals surface area contributed by atoms with Crippen molar-refractivity contribution in [3.05, 3.63) is 29.8 Å². The Morgan fingerprint density at radius 2 is 2.13 bits per heavy atom. The zero-order chi connectivity index (χ0) is 17.0. The molecular formula is C14H18N2O6S. The molecule has 1 fully saturated rings. The van der Waals surface area contributed by atoms with Crippen molar-refractivity contribution in [3.63, 3.8) is 0 Å². The van der Waals surface area contributed by atoms with E-state index in [-0.39, 0.29) is 30.4 Å². The summed E-state index contributed by atoms with van der Waals surface area (Å²) in [6, 6.07) is 5.76. The highest BCUT2D eigenvalue weighted by Gasteiger charge is 2.36. The van der Waals surface area contributed by atoms with Gasteiger partial charge in [0.1, 0.15) is 0 Å². The Morgan fingerprint density at radius 3 is 2.78 bits per heavy atom. The summed E-state index contributed by atoms with van der Waals surface area (Å²) < 4.78 is 31.2. The minimum atomic E-state index is -3.85. The third kappa shape index (κ3) is 4.06. The van der Waals surface area contributed by atoms with Crippen LogP contribution in [0, 0.1) is 0 Å². The standard InChI is InChI=1S/C14H18N2O6S/c1-22-6-5-15-10-16(9-13(15)17)23(20,21)12-4-2-3-11(7-12)8-14(18)19/h2-4,7H,5-6,8-10H2,1H3,(H,18,19). The molecule has 23 heavy (non-hydrogen) atoms. The van der Waals surface area contributed by atoms with Crippen LogP contribution < -0.4 is 0 Å². The van der Waals surface area contributed by atoms with E-state index in [1.807, 2.05) is 0 Å². The van der Waals surface area contributed by atoms with Crippen LogP contribution in [0.5, 0.6) is 0 Å². The van der Waals surface area contributed by atoms with Crippen molar-refractivity contribution in [2.75, 3.05) is 33.5 Å². The summed E-state index contributed by atoms with van der Waals surface area (Å²) in [6.45, 7) is 0.386. The highest BCUT2D eigenvalue weighted by atomic mass is 32.2. The second-order valence-corrected chi connectivity index (χ2v) is 7.06. The summed E-state index contributed by atoms with van der Waals surface area (Å²) in [5, 5.41) is 8.80. The highest BCUT2D eigenvalue weighted by molar-refractivity contribution is 7.89. The van der Waals surface area contributed by atoms with Crippen molar-refractivity contribution < 1.29 is 27.9 Å². The lowest BCUT2D eigenvalue weighted by Gasteiger charge is -2.18. The Morgan fingerprint density at radius 1 is 1.39 bits per heavy atom. The molecule has 1 N–H and O–H groups in total. The highest BCUT2D eigenvalue weighted by Crippen LogP contribution is 2.21. The van der Waals surface area contributed by atoms with Gasteiger partial charge < -0.3 is 14.7 Å². The number of carbonyl (C=O) groups is 2. The van der Waals surface area contributed by atoms with Crippen LogP contribution in [0.25, 0.3) is 0 Å². The second kappa shape index (κ2) is 7.07. The van der Waals surface area contributed by atoms with Crippen molar-refractivity contribution >= 4 is 21.9 Å². The SMILES string of the molecule is COCCN1CN(S(=O)(=O)c2cccc(CC(=O)O)c2)CC1=O. The van der Waals surface area contributed by atoms with Gasteiger partial charge in [0, 0.05) is 13.7 Å². The quantitative estimate of drug-likeness (QED) is 0.733. The minimum Gasteiger partial charge on any atom is -0.481 e. The zero-order valence-corrected chi connectivity index (χ0v) is 13.5. The van der Waals surface area contributed by atoms with Crippen LogP contribution in [-0.2, 0) is 30.8 Å². The van der Waals surface area contributed by atoms with Crippen molar-refractivity contribution in [2.24, 2.45) is 0 Å². The number of hydrogen-bond acceptors (Lipinski definition) is 5. The van der Waals surface area contributed by atoms with Crippen LogP contribution in [-0.4, -0.2) is 68.1 Å². The fourth-order valence-corrected chi connectivity index (χ4v) is 3.69. The topological polar surface area (TPSA) is 104 Å². The van der Waals surface area contributed by atoms with E-state index in [4.69, 9.17) is 9.84 Å². The van der Waals surface area contributed by atoms with Crippen molar-refractivity contribution in [3.8, 4) is 0 Å². The Hall–Kier alpha value is -1.97. The first kappa shape index (κ1) is 17.4. The molecule has 0 unspecified atom stereocenters. The number of carboxylic acid groups (broad SMARTS) is 1. The zero-order valence-electron chi connectivity index (χ0n) is 12.6.